The highest BCUT2D eigenvalue weighted by atomic mass is 19.1. The number of hydrogen-bond donors (Lipinski definition) is 0. The molecule has 2 heterocycles. The Hall–Kier alpha value is -1.95. The maximum atomic E-state index is 14.3. The summed E-state index contributed by atoms with van der Waals surface area (Å²) in [5.74, 6) is -0.769. The van der Waals surface area contributed by atoms with Crippen LogP contribution in [0.1, 0.15) is 50.4 Å². The van der Waals surface area contributed by atoms with Crippen LogP contribution in [0.3, 0.4) is 0 Å². The van der Waals surface area contributed by atoms with Gasteiger partial charge >= 0.3 is 0 Å². The molecule has 1 aromatic carbocycles. The van der Waals surface area contributed by atoms with Gasteiger partial charge in [-0.15, -0.1) is 0 Å². The average Bonchev–Trinajstić information content (AvgIpc) is 3.06. The Labute approximate surface area is 161 Å². The summed E-state index contributed by atoms with van der Waals surface area (Å²) in [5.41, 5.74) is 0.977. The van der Waals surface area contributed by atoms with E-state index in [4.69, 9.17) is 0 Å². The minimum atomic E-state index is -0.523. The minimum Gasteiger partial charge on any atom is -0.336 e. The van der Waals surface area contributed by atoms with Gasteiger partial charge in [-0.1, -0.05) is 20.8 Å². The van der Waals surface area contributed by atoms with Gasteiger partial charge in [0.05, 0.1) is 5.56 Å². The zero-order chi connectivity index (χ0) is 19.6. The number of carbonyl (C=O) groups excluding carboxylic acids is 2. The molecule has 2 amide bonds. The molecule has 0 N–H and O–H groups in total. The van der Waals surface area contributed by atoms with E-state index in [1.165, 1.54) is 12.1 Å². The number of hydrogen-bond acceptors (Lipinski definition) is 3. The van der Waals surface area contributed by atoms with Crippen LogP contribution in [0.25, 0.3) is 0 Å². The van der Waals surface area contributed by atoms with Gasteiger partial charge in [0.2, 0.25) is 5.91 Å². The first kappa shape index (κ1) is 19.8. The Balaban J connectivity index is 1.64. The average molecular weight is 375 g/mol. The number of anilines is 1. The van der Waals surface area contributed by atoms with Gasteiger partial charge in [-0.3, -0.25) is 14.5 Å². The SMILES string of the molecule is CC(C)(C)CCN1CCN(C(=O)c2cc(N3CCCC3=O)ccc2F)CC1. The quantitative estimate of drug-likeness (QED) is 0.812. The van der Waals surface area contributed by atoms with Crippen LogP contribution in [0, 0.1) is 11.2 Å². The van der Waals surface area contributed by atoms with Crippen molar-refractivity contribution < 1.29 is 14.0 Å². The largest absolute Gasteiger partial charge is 0.336 e. The number of benzene rings is 1. The van der Waals surface area contributed by atoms with E-state index in [9.17, 15) is 14.0 Å². The van der Waals surface area contributed by atoms with Gasteiger partial charge in [-0.05, 0) is 43.0 Å². The second kappa shape index (κ2) is 7.97. The second-order valence-corrected chi connectivity index (χ2v) is 8.76. The molecule has 2 aliphatic rings. The lowest BCUT2D eigenvalue weighted by atomic mass is 9.92. The fourth-order valence-corrected chi connectivity index (χ4v) is 3.60. The van der Waals surface area contributed by atoms with E-state index in [2.05, 4.69) is 25.7 Å². The lowest BCUT2D eigenvalue weighted by molar-refractivity contribution is -0.117. The monoisotopic (exact) mass is 375 g/mol. The molecule has 0 spiro atoms. The molecule has 1 aromatic rings. The van der Waals surface area contributed by atoms with Crippen molar-refractivity contribution >= 4 is 17.5 Å². The van der Waals surface area contributed by atoms with Gasteiger partial charge in [-0.25, -0.2) is 4.39 Å². The van der Waals surface area contributed by atoms with Crippen LogP contribution in [0.4, 0.5) is 10.1 Å². The molecule has 0 aromatic heterocycles. The predicted molar refractivity (Wildman–Crippen MR) is 104 cm³/mol. The summed E-state index contributed by atoms with van der Waals surface area (Å²) in [6.45, 7) is 11.2. The number of carbonyl (C=O) groups is 2. The first-order valence-electron chi connectivity index (χ1n) is 9.86. The zero-order valence-corrected chi connectivity index (χ0v) is 16.6. The molecule has 3 rings (SSSR count). The Kier molecular flexibility index (Phi) is 5.84. The molecule has 2 aliphatic heterocycles. The number of halogens is 1. The van der Waals surface area contributed by atoms with Crippen LogP contribution in [0.2, 0.25) is 0 Å². The molecule has 0 radical (unpaired) electrons. The Morgan fingerprint density at radius 2 is 1.81 bits per heavy atom. The van der Waals surface area contributed by atoms with Crippen molar-refractivity contribution in [1.29, 1.82) is 0 Å². The smallest absolute Gasteiger partial charge is 0.256 e. The van der Waals surface area contributed by atoms with Gasteiger partial charge in [-0.2, -0.15) is 0 Å². The highest BCUT2D eigenvalue weighted by Gasteiger charge is 2.27. The minimum absolute atomic E-state index is 0.0347. The molecule has 6 heteroatoms. The van der Waals surface area contributed by atoms with E-state index >= 15 is 0 Å². The predicted octanol–water partition coefficient (Wildman–Crippen LogP) is 3.15. The summed E-state index contributed by atoms with van der Waals surface area (Å²) in [7, 11) is 0. The molecule has 0 bridgehead atoms. The lowest BCUT2D eigenvalue weighted by Crippen LogP contribution is -2.49. The first-order chi connectivity index (χ1) is 12.7. The lowest BCUT2D eigenvalue weighted by Gasteiger charge is -2.36. The van der Waals surface area contributed by atoms with Crippen molar-refractivity contribution in [2.45, 2.75) is 40.0 Å². The Bertz CT molecular complexity index is 706. The van der Waals surface area contributed by atoms with Crippen molar-refractivity contribution in [3.63, 3.8) is 0 Å². The molecule has 0 saturated carbocycles. The van der Waals surface area contributed by atoms with Gasteiger partial charge in [0, 0.05) is 44.8 Å². The summed E-state index contributed by atoms with van der Waals surface area (Å²) in [6.07, 6.45) is 2.43. The Morgan fingerprint density at radius 3 is 2.41 bits per heavy atom. The summed E-state index contributed by atoms with van der Waals surface area (Å²) < 4.78 is 14.3. The van der Waals surface area contributed by atoms with E-state index < -0.39 is 5.82 Å². The van der Waals surface area contributed by atoms with Crippen molar-refractivity contribution in [3.05, 3.63) is 29.6 Å². The number of piperazine rings is 1. The topological polar surface area (TPSA) is 43.9 Å². The fourth-order valence-electron chi connectivity index (χ4n) is 3.60. The molecule has 0 unspecified atom stereocenters. The molecule has 148 valence electrons. The molecular formula is C21H30FN3O2. The molecule has 27 heavy (non-hydrogen) atoms. The molecule has 2 fully saturated rings. The van der Waals surface area contributed by atoms with E-state index in [1.54, 1.807) is 15.9 Å². The van der Waals surface area contributed by atoms with Crippen molar-refractivity contribution in [2.75, 3.05) is 44.2 Å². The normalized spacial score (nSPS) is 19.0. The maximum Gasteiger partial charge on any atom is 0.256 e. The maximum absolute atomic E-state index is 14.3. The number of rotatable bonds is 4. The molecule has 0 aliphatic carbocycles. The van der Waals surface area contributed by atoms with Crippen molar-refractivity contribution in [3.8, 4) is 0 Å². The van der Waals surface area contributed by atoms with Gasteiger partial charge in [0.15, 0.2) is 0 Å². The van der Waals surface area contributed by atoms with Gasteiger partial charge < -0.3 is 9.80 Å². The third-order valence-corrected chi connectivity index (χ3v) is 5.40. The number of nitrogens with zero attached hydrogens (tertiary/aromatic N) is 3. The molecule has 0 atom stereocenters. The van der Waals surface area contributed by atoms with E-state index in [1.807, 2.05) is 0 Å². The van der Waals surface area contributed by atoms with E-state index in [0.717, 1.165) is 32.5 Å². The summed E-state index contributed by atoms with van der Waals surface area (Å²) in [4.78, 5) is 30.5. The van der Waals surface area contributed by atoms with Crippen LogP contribution in [-0.4, -0.2) is 60.9 Å². The van der Waals surface area contributed by atoms with Crippen LogP contribution < -0.4 is 4.90 Å². The summed E-state index contributed by atoms with van der Waals surface area (Å²) >= 11 is 0. The third-order valence-electron chi connectivity index (χ3n) is 5.40. The zero-order valence-electron chi connectivity index (χ0n) is 16.6. The fraction of sp³-hybridized carbons (Fsp3) is 0.619. The van der Waals surface area contributed by atoms with Gasteiger partial charge in [0.1, 0.15) is 5.82 Å². The van der Waals surface area contributed by atoms with Crippen molar-refractivity contribution in [2.24, 2.45) is 5.41 Å². The first-order valence-corrected chi connectivity index (χ1v) is 9.86. The van der Waals surface area contributed by atoms with Gasteiger partial charge in [0.25, 0.3) is 5.91 Å². The summed E-state index contributed by atoms with van der Waals surface area (Å²) in [6, 6.07) is 4.42. The molecule has 2 saturated heterocycles. The van der Waals surface area contributed by atoms with E-state index in [-0.39, 0.29) is 17.4 Å². The number of amides is 2. The molecule has 5 nitrogen and oxygen atoms in total. The van der Waals surface area contributed by atoms with E-state index in [0.29, 0.717) is 37.2 Å². The van der Waals surface area contributed by atoms with Crippen molar-refractivity contribution in [1.82, 2.24) is 9.80 Å². The van der Waals surface area contributed by atoms with Crippen LogP contribution in [0.5, 0.6) is 0 Å². The standard InChI is InChI=1S/C21H30FN3O2/c1-21(2,3)8-10-23-11-13-24(14-12-23)20(27)17-15-16(6-7-18(17)22)25-9-4-5-19(25)26/h6-7,15H,4-5,8-14H2,1-3H3. The van der Waals surface area contributed by atoms with Crippen LogP contribution in [0.15, 0.2) is 18.2 Å². The third kappa shape index (κ3) is 4.86. The Morgan fingerprint density at radius 1 is 1.11 bits per heavy atom. The molecular weight excluding hydrogens is 345 g/mol. The highest BCUT2D eigenvalue weighted by molar-refractivity contribution is 5.99. The second-order valence-electron chi connectivity index (χ2n) is 8.76. The van der Waals surface area contributed by atoms with Crippen LogP contribution in [-0.2, 0) is 4.79 Å². The highest BCUT2D eigenvalue weighted by Crippen LogP contribution is 2.25. The van der Waals surface area contributed by atoms with Crippen LogP contribution >= 0.6 is 0 Å². The summed E-state index contributed by atoms with van der Waals surface area (Å²) in [5, 5.41) is 0.